The van der Waals surface area contributed by atoms with E-state index >= 15 is 0 Å². The normalized spacial score (nSPS) is 14.9. The molecule has 0 radical (unpaired) electrons. The lowest BCUT2D eigenvalue weighted by atomic mass is 10.1. The van der Waals surface area contributed by atoms with Crippen LogP contribution < -0.4 is 4.74 Å². The summed E-state index contributed by atoms with van der Waals surface area (Å²) in [5.74, 6) is -0.687. The Morgan fingerprint density at radius 2 is 2.00 bits per heavy atom. The highest BCUT2D eigenvalue weighted by atomic mass is 16.6. The fourth-order valence-corrected chi connectivity index (χ4v) is 2.89. The first kappa shape index (κ1) is 18.9. The molecule has 1 saturated heterocycles. The molecule has 27 heavy (non-hydrogen) atoms. The largest absolute Gasteiger partial charge is 0.479 e. The van der Waals surface area contributed by atoms with Crippen LogP contribution in [0.25, 0.3) is 11.0 Å². The highest BCUT2D eigenvalue weighted by Gasteiger charge is 2.23. The standard InChI is InChI=1S/C17H20N4O6/c1-3-27-17(22)15-16(25-2)19-13-9-14(21(23)24)11(8-12(13)18-15)10-20-4-6-26-7-5-20/h8-9H,3-7,10H2,1-2H3. The highest BCUT2D eigenvalue weighted by molar-refractivity contribution is 5.92. The summed E-state index contributed by atoms with van der Waals surface area (Å²) in [5, 5.41) is 11.5. The number of nitro benzene ring substituents is 1. The van der Waals surface area contributed by atoms with Gasteiger partial charge in [-0.05, 0) is 13.0 Å². The second-order valence-corrected chi connectivity index (χ2v) is 5.92. The van der Waals surface area contributed by atoms with Gasteiger partial charge in [0.15, 0.2) is 0 Å². The van der Waals surface area contributed by atoms with Crippen molar-refractivity contribution in [1.82, 2.24) is 14.9 Å². The smallest absolute Gasteiger partial charge is 0.362 e. The molecule has 0 atom stereocenters. The quantitative estimate of drug-likeness (QED) is 0.420. The summed E-state index contributed by atoms with van der Waals surface area (Å²) in [7, 11) is 1.35. The van der Waals surface area contributed by atoms with Gasteiger partial charge in [0.1, 0.15) is 0 Å². The maximum Gasteiger partial charge on any atom is 0.362 e. The number of esters is 1. The van der Waals surface area contributed by atoms with Crippen molar-refractivity contribution in [2.75, 3.05) is 40.0 Å². The predicted molar refractivity (Wildman–Crippen MR) is 94.8 cm³/mol. The summed E-state index contributed by atoms with van der Waals surface area (Å²) in [6.07, 6.45) is 0. The minimum atomic E-state index is -0.656. The van der Waals surface area contributed by atoms with Crippen LogP contribution in [0.2, 0.25) is 0 Å². The summed E-state index contributed by atoms with van der Waals surface area (Å²) >= 11 is 0. The Bertz CT molecular complexity index is 866. The van der Waals surface area contributed by atoms with E-state index in [9.17, 15) is 14.9 Å². The molecule has 1 aliphatic heterocycles. The van der Waals surface area contributed by atoms with Crippen LogP contribution in [0.5, 0.6) is 5.88 Å². The van der Waals surface area contributed by atoms with Gasteiger partial charge >= 0.3 is 5.97 Å². The zero-order valence-corrected chi connectivity index (χ0v) is 15.1. The van der Waals surface area contributed by atoms with Gasteiger partial charge in [0, 0.05) is 31.3 Å². The summed E-state index contributed by atoms with van der Waals surface area (Å²) in [6.45, 7) is 4.82. The number of ether oxygens (including phenoxy) is 3. The molecular weight excluding hydrogens is 356 g/mol. The van der Waals surface area contributed by atoms with Crippen molar-refractivity contribution in [3.05, 3.63) is 33.5 Å². The van der Waals surface area contributed by atoms with E-state index in [1.165, 1.54) is 13.2 Å². The molecule has 10 nitrogen and oxygen atoms in total. The van der Waals surface area contributed by atoms with Crippen molar-refractivity contribution < 1.29 is 23.9 Å². The SMILES string of the molecule is CCOC(=O)c1nc2cc(CN3CCOCC3)c([N+](=O)[O-])cc2nc1OC. The van der Waals surface area contributed by atoms with Gasteiger partial charge in [-0.2, -0.15) is 0 Å². The van der Waals surface area contributed by atoms with Crippen LogP contribution >= 0.6 is 0 Å². The number of morpholine rings is 1. The fourth-order valence-electron chi connectivity index (χ4n) is 2.89. The number of fused-ring (bicyclic) bond motifs is 1. The number of rotatable bonds is 6. The molecule has 1 fully saturated rings. The van der Waals surface area contributed by atoms with E-state index in [2.05, 4.69) is 14.9 Å². The van der Waals surface area contributed by atoms with Crippen LogP contribution in [0.1, 0.15) is 23.0 Å². The van der Waals surface area contributed by atoms with Gasteiger partial charge in [-0.1, -0.05) is 0 Å². The molecular formula is C17H20N4O6. The van der Waals surface area contributed by atoms with Crippen LogP contribution in [-0.2, 0) is 16.0 Å². The van der Waals surface area contributed by atoms with Gasteiger partial charge in [-0.3, -0.25) is 15.0 Å². The molecule has 3 rings (SSSR count). The Morgan fingerprint density at radius 3 is 2.63 bits per heavy atom. The third-order valence-electron chi connectivity index (χ3n) is 4.19. The predicted octanol–water partition coefficient (Wildman–Crippen LogP) is 1.56. The van der Waals surface area contributed by atoms with Crippen molar-refractivity contribution in [3.8, 4) is 5.88 Å². The summed E-state index contributed by atoms with van der Waals surface area (Å²) < 4.78 is 15.4. The Hall–Kier alpha value is -2.85. The molecule has 0 N–H and O–H groups in total. The molecule has 1 aromatic carbocycles. The van der Waals surface area contributed by atoms with E-state index in [1.807, 2.05) is 0 Å². The molecule has 0 bridgehead atoms. The third-order valence-corrected chi connectivity index (χ3v) is 4.19. The zero-order valence-electron chi connectivity index (χ0n) is 15.1. The van der Waals surface area contributed by atoms with E-state index < -0.39 is 10.9 Å². The Morgan fingerprint density at radius 1 is 1.30 bits per heavy atom. The van der Waals surface area contributed by atoms with E-state index in [4.69, 9.17) is 14.2 Å². The molecule has 0 saturated carbocycles. The number of hydrogen-bond acceptors (Lipinski definition) is 9. The highest BCUT2D eigenvalue weighted by Crippen LogP contribution is 2.28. The third kappa shape index (κ3) is 4.12. The van der Waals surface area contributed by atoms with Crippen LogP contribution in [0.15, 0.2) is 12.1 Å². The monoisotopic (exact) mass is 376 g/mol. The van der Waals surface area contributed by atoms with Gasteiger partial charge in [0.05, 0.1) is 42.9 Å². The van der Waals surface area contributed by atoms with Crippen LogP contribution in [0.3, 0.4) is 0 Å². The molecule has 0 amide bonds. The van der Waals surface area contributed by atoms with E-state index in [1.54, 1.807) is 13.0 Å². The second kappa shape index (κ2) is 8.23. The number of hydrogen-bond donors (Lipinski definition) is 0. The zero-order chi connectivity index (χ0) is 19.4. The molecule has 2 aromatic rings. The van der Waals surface area contributed by atoms with Crippen molar-refractivity contribution >= 4 is 22.7 Å². The summed E-state index contributed by atoms with van der Waals surface area (Å²) in [6, 6.07) is 2.95. The molecule has 144 valence electrons. The molecule has 2 heterocycles. The molecule has 1 aliphatic rings. The summed E-state index contributed by atoms with van der Waals surface area (Å²) in [4.78, 5) is 33.8. The van der Waals surface area contributed by atoms with Crippen LogP contribution in [0, 0.1) is 10.1 Å². The lowest BCUT2D eigenvalue weighted by Crippen LogP contribution is -2.35. The molecule has 0 spiro atoms. The summed E-state index contributed by atoms with van der Waals surface area (Å²) in [5.41, 5.74) is 1.04. The van der Waals surface area contributed by atoms with E-state index in [0.29, 0.717) is 43.9 Å². The first-order valence-electron chi connectivity index (χ1n) is 8.53. The number of benzene rings is 1. The van der Waals surface area contributed by atoms with Gasteiger partial charge in [-0.25, -0.2) is 14.8 Å². The molecule has 10 heteroatoms. The maximum atomic E-state index is 12.1. The van der Waals surface area contributed by atoms with E-state index in [0.717, 1.165) is 0 Å². The van der Waals surface area contributed by atoms with Gasteiger partial charge in [0.25, 0.3) is 5.69 Å². The second-order valence-electron chi connectivity index (χ2n) is 5.92. The maximum absolute atomic E-state index is 12.1. The first-order valence-corrected chi connectivity index (χ1v) is 8.53. The van der Waals surface area contributed by atoms with Crippen molar-refractivity contribution in [2.24, 2.45) is 0 Å². The van der Waals surface area contributed by atoms with Crippen molar-refractivity contribution in [1.29, 1.82) is 0 Å². The minimum Gasteiger partial charge on any atom is -0.479 e. The number of methoxy groups -OCH3 is 1. The van der Waals surface area contributed by atoms with Crippen LogP contribution in [-0.4, -0.2) is 65.8 Å². The Balaban J connectivity index is 2.07. The van der Waals surface area contributed by atoms with Gasteiger partial charge in [-0.15, -0.1) is 0 Å². The minimum absolute atomic E-state index is 0.0313. The average molecular weight is 376 g/mol. The Labute approximate surface area is 155 Å². The molecule has 0 unspecified atom stereocenters. The van der Waals surface area contributed by atoms with Crippen molar-refractivity contribution in [3.63, 3.8) is 0 Å². The number of carbonyl (C=O) groups is 1. The number of nitro groups is 1. The number of carbonyl (C=O) groups excluding carboxylic acids is 1. The van der Waals surface area contributed by atoms with Gasteiger partial charge < -0.3 is 14.2 Å². The molecule has 1 aromatic heterocycles. The first-order chi connectivity index (χ1) is 13.0. The lowest BCUT2D eigenvalue weighted by molar-refractivity contribution is -0.385. The van der Waals surface area contributed by atoms with E-state index in [-0.39, 0.29) is 29.4 Å². The average Bonchev–Trinajstić information content (AvgIpc) is 2.67. The lowest BCUT2D eigenvalue weighted by Gasteiger charge is -2.26. The Kier molecular flexibility index (Phi) is 5.77. The number of aromatic nitrogens is 2. The van der Waals surface area contributed by atoms with Crippen LogP contribution in [0.4, 0.5) is 5.69 Å². The van der Waals surface area contributed by atoms with Crippen molar-refractivity contribution in [2.45, 2.75) is 13.5 Å². The van der Waals surface area contributed by atoms with Gasteiger partial charge in [0.2, 0.25) is 11.6 Å². The molecule has 0 aliphatic carbocycles. The topological polar surface area (TPSA) is 117 Å². The number of nitrogens with zero attached hydrogens (tertiary/aromatic N) is 4. The fraction of sp³-hybridized carbons (Fsp3) is 0.471.